The molecule has 7 heteroatoms. The number of hydrogen-bond donors (Lipinski definition) is 0. The van der Waals surface area contributed by atoms with E-state index in [-0.39, 0.29) is 10.3 Å². The van der Waals surface area contributed by atoms with E-state index in [0.29, 0.717) is 26.6 Å². The monoisotopic (exact) mass is 366 g/mol. The van der Waals surface area contributed by atoms with E-state index in [4.69, 9.17) is 39.5 Å². The van der Waals surface area contributed by atoms with Crippen molar-refractivity contribution in [2.24, 2.45) is 0 Å². The smallest absolute Gasteiger partial charge is 0.166 e. The van der Waals surface area contributed by atoms with E-state index >= 15 is 0 Å². The molecule has 0 spiro atoms. The average Bonchev–Trinajstić information content (AvgIpc) is 2.35. The van der Waals surface area contributed by atoms with Crippen molar-refractivity contribution < 1.29 is 4.74 Å². The molecule has 0 aliphatic heterocycles. The molecule has 0 aliphatic carbocycles. The van der Waals surface area contributed by atoms with E-state index in [1.54, 1.807) is 18.2 Å². The number of nitrogens with zero attached hydrogens (tertiary/aromatic N) is 2. The van der Waals surface area contributed by atoms with Crippen LogP contribution in [0.5, 0.6) is 5.75 Å². The van der Waals surface area contributed by atoms with Crippen molar-refractivity contribution in [2.45, 2.75) is 0 Å². The van der Waals surface area contributed by atoms with Gasteiger partial charge in [-0.3, -0.25) is 0 Å². The topological polar surface area (TPSA) is 35.0 Å². The molecular formula is C11H6BrCl3N2O. The molecule has 2 rings (SSSR count). The number of rotatable bonds is 2. The molecule has 0 aliphatic rings. The van der Waals surface area contributed by atoms with Crippen LogP contribution in [0, 0.1) is 0 Å². The van der Waals surface area contributed by atoms with Gasteiger partial charge in [-0.2, -0.15) is 0 Å². The molecule has 1 aromatic heterocycles. The third-order valence-corrected chi connectivity index (χ3v) is 4.16. The number of ether oxygens (including phenoxy) is 1. The Kier molecular flexibility index (Phi) is 4.33. The van der Waals surface area contributed by atoms with Crippen molar-refractivity contribution in [1.29, 1.82) is 0 Å². The lowest BCUT2D eigenvalue weighted by Crippen LogP contribution is -1.95. The van der Waals surface area contributed by atoms with E-state index < -0.39 is 0 Å². The van der Waals surface area contributed by atoms with Crippen molar-refractivity contribution in [1.82, 2.24) is 9.97 Å². The minimum Gasteiger partial charge on any atom is -0.496 e. The fourth-order valence-corrected chi connectivity index (χ4v) is 2.09. The zero-order valence-electron chi connectivity index (χ0n) is 9.05. The van der Waals surface area contributed by atoms with Crippen LogP contribution in [0.2, 0.25) is 15.3 Å². The number of benzene rings is 1. The van der Waals surface area contributed by atoms with E-state index in [9.17, 15) is 0 Å². The summed E-state index contributed by atoms with van der Waals surface area (Å²) >= 11 is 21.0. The highest BCUT2D eigenvalue weighted by atomic mass is 79.9. The summed E-state index contributed by atoms with van der Waals surface area (Å²) in [6, 6.07) is 5.13. The van der Waals surface area contributed by atoms with E-state index in [0.717, 1.165) is 0 Å². The maximum atomic E-state index is 5.95. The molecule has 0 unspecified atom stereocenters. The molecule has 1 aromatic carbocycles. The zero-order chi connectivity index (χ0) is 13.3. The van der Waals surface area contributed by atoms with Gasteiger partial charge in [0.2, 0.25) is 0 Å². The first-order valence-electron chi connectivity index (χ1n) is 4.75. The van der Waals surface area contributed by atoms with Gasteiger partial charge in [-0.1, -0.05) is 34.8 Å². The van der Waals surface area contributed by atoms with Crippen LogP contribution in [0.1, 0.15) is 0 Å². The van der Waals surface area contributed by atoms with Gasteiger partial charge in [0.05, 0.1) is 17.1 Å². The first kappa shape index (κ1) is 13.9. The second kappa shape index (κ2) is 5.61. The molecule has 1 heterocycles. The van der Waals surface area contributed by atoms with Crippen molar-refractivity contribution >= 4 is 50.7 Å². The van der Waals surface area contributed by atoms with Gasteiger partial charge in [0.15, 0.2) is 5.82 Å². The van der Waals surface area contributed by atoms with Gasteiger partial charge in [-0.25, -0.2) is 9.97 Å². The second-order valence-electron chi connectivity index (χ2n) is 3.29. The summed E-state index contributed by atoms with van der Waals surface area (Å²) < 4.78 is 5.69. The SMILES string of the molecule is COc1cc(Cl)ccc1-c1nc(Cl)c(Br)c(Cl)n1. The van der Waals surface area contributed by atoms with Crippen molar-refractivity contribution in [3.05, 3.63) is 38.0 Å². The molecule has 0 atom stereocenters. The molecule has 2 aromatic rings. The summed E-state index contributed by atoms with van der Waals surface area (Å²) in [5.41, 5.74) is 0.665. The largest absolute Gasteiger partial charge is 0.496 e. The van der Waals surface area contributed by atoms with Gasteiger partial charge in [0.1, 0.15) is 16.1 Å². The van der Waals surface area contributed by atoms with Crippen LogP contribution in [0.15, 0.2) is 22.7 Å². The van der Waals surface area contributed by atoms with Crippen LogP contribution in [0.3, 0.4) is 0 Å². The Morgan fingerprint density at radius 2 is 1.72 bits per heavy atom. The Bertz CT molecular complexity index is 584. The molecule has 0 saturated carbocycles. The molecule has 0 amide bonds. The lowest BCUT2D eigenvalue weighted by atomic mass is 10.2. The Balaban J connectivity index is 2.62. The van der Waals surface area contributed by atoms with E-state index in [1.165, 1.54) is 7.11 Å². The zero-order valence-corrected chi connectivity index (χ0v) is 12.9. The maximum Gasteiger partial charge on any atom is 0.166 e. The highest BCUT2D eigenvalue weighted by Crippen LogP contribution is 2.34. The Hall–Kier alpha value is -0.550. The third-order valence-electron chi connectivity index (χ3n) is 2.17. The van der Waals surface area contributed by atoms with Gasteiger partial charge >= 0.3 is 0 Å². The lowest BCUT2D eigenvalue weighted by molar-refractivity contribution is 0.416. The molecule has 94 valence electrons. The van der Waals surface area contributed by atoms with Crippen LogP contribution >= 0.6 is 50.7 Å². The van der Waals surface area contributed by atoms with Crippen molar-refractivity contribution in [3.8, 4) is 17.1 Å². The molecule has 0 radical (unpaired) electrons. The van der Waals surface area contributed by atoms with Crippen molar-refractivity contribution in [3.63, 3.8) is 0 Å². The summed E-state index contributed by atoms with van der Waals surface area (Å²) in [6.07, 6.45) is 0. The van der Waals surface area contributed by atoms with Crippen LogP contribution in [0.25, 0.3) is 11.4 Å². The van der Waals surface area contributed by atoms with E-state index in [1.807, 2.05) is 0 Å². The van der Waals surface area contributed by atoms with Crippen molar-refractivity contribution in [2.75, 3.05) is 7.11 Å². The molecule has 0 bridgehead atoms. The molecule has 0 fully saturated rings. The van der Waals surface area contributed by atoms with Crippen LogP contribution in [-0.4, -0.2) is 17.1 Å². The van der Waals surface area contributed by atoms with Gasteiger partial charge in [-0.15, -0.1) is 0 Å². The predicted molar refractivity (Wildman–Crippen MR) is 76.8 cm³/mol. The van der Waals surface area contributed by atoms with Crippen LogP contribution in [0.4, 0.5) is 0 Å². The first-order valence-corrected chi connectivity index (χ1v) is 6.68. The van der Waals surface area contributed by atoms with Gasteiger partial charge in [0.25, 0.3) is 0 Å². The van der Waals surface area contributed by atoms with Crippen LogP contribution < -0.4 is 4.74 Å². The molecule has 0 saturated heterocycles. The first-order chi connectivity index (χ1) is 8.52. The van der Waals surface area contributed by atoms with Crippen LogP contribution in [-0.2, 0) is 0 Å². The number of hydrogen-bond acceptors (Lipinski definition) is 3. The Morgan fingerprint density at radius 3 is 2.28 bits per heavy atom. The molecule has 3 nitrogen and oxygen atoms in total. The second-order valence-corrected chi connectivity index (χ2v) is 5.23. The normalized spacial score (nSPS) is 10.5. The minimum atomic E-state index is 0.238. The quantitative estimate of drug-likeness (QED) is 0.709. The fourth-order valence-electron chi connectivity index (χ4n) is 1.36. The minimum absolute atomic E-state index is 0.238. The van der Waals surface area contributed by atoms with Gasteiger partial charge in [0, 0.05) is 5.02 Å². The molecule has 18 heavy (non-hydrogen) atoms. The van der Waals surface area contributed by atoms with E-state index in [2.05, 4.69) is 25.9 Å². The standard InChI is InChI=1S/C11H6BrCl3N2O/c1-18-7-4-5(13)2-3-6(7)11-16-9(14)8(12)10(15)17-11/h2-4H,1H3. The fraction of sp³-hybridized carbons (Fsp3) is 0.0909. The predicted octanol–water partition coefficient (Wildman–Crippen LogP) is 4.87. The number of methoxy groups -OCH3 is 1. The van der Waals surface area contributed by atoms with Gasteiger partial charge in [-0.05, 0) is 34.1 Å². The summed E-state index contributed by atoms with van der Waals surface area (Å²) in [7, 11) is 1.54. The summed E-state index contributed by atoms with van der Waals surface area (Å²) in [4.78, 5) is 8.28. The summed E-state index contributed by atoms with van der Waals surface area (Å²) in [5, 5.41) is 1.04. The summed E-state index contributed by atoms with van der Waals surface area (Å²) in [6.45, 7) is 0. The average molecular weight is 368 g/mol. The summed E-state index contributed by atoms with van der Waals surface area (Å²) in [5.74, 6) is 0.929. The number of halogens is 4. The third kappa shape index (κ3) is 2.72. The Labute approximate surface area is 127 Å². The number of aromatic nitrogens is 2. The highest BCUT2D eigenvalue weighted by Gasteiger charge is 2.14. The Morgan fingerprint density at radius 1 is 1.11 bits per heavy atom. The van der Waals surface area contributed by atoms with Gasteiger partial charge < -0.3 is 4.74 Å². The lowest BCUT2D eigenvalue weighted by Gasteiger charge is -2.09. The highest BCUT2D eigenvalue weighted by molar-refractivity contribution is 9.10. The molecule has 0 N–H and O–H groups in total. The molecular weight excluding hydrogens is 362 g/mol. The maximum absolute atomic E-state index is 5.95.